The zero-order chi connectivity index (χ0) is 20.6. The molecule has 0 saturated heterocycles. The molecule has 4 unspecified atom stereocenters. The Morgan fingerprint density at radius 2 is 1.85 bits per heavy atom. The van der Waals surface area contributed by atoms with E-state index in [2.05, 4.69) is 17.0 Å². The predicted molar refractivity (Wildman–Crippen MR) is 93.3 cm³/mol. The SMILES string of the molecule is COC(=O)C(NC(=O)[C@@H](N)CC(=O)O)C(=O)OC1C2(C)CCC(C2)C1(C)C. The van der Waals surface area contributed by atoms with Gasteiger partial charge in [0.15, 0.2) is 0 Å². The number of carbonyl (C=O) groups is 4. The molecule has 0 radical (unpaired) electrons. The van der Waals surface area contributed by atoms with Crippen LogP contribution in [0.25, 0.3) is 0 Å². The minimum atomic E-state index is -1.69. The van der Waals surface area contributed by atoms with Crippen molar-refractivity contribution in [3.8, 4) is 0 Å². The molecule has 9 nitrogen and oxygen atoms in total. The molecule has 2 aliphatic carbocycles. The number of rotatable bonds is 7. The molecule has 4 N–H and O–H groups in total. The van der Waals surface area contributed by atoms with Crippen LogP contribution in [0.1, 0.15) is 46.5 Å². The van der Waals surface area contributed by atoms with E-state index in [0.717, 1.165) is 26.4 Å². The lowest BCUT2D eigenvalue weighted by atomic mass is 9.70. The number of carboxylic acids is 1. The number of hydrogen-bond donors (Lipinski definition) is 3. The first kappa shape index (κ1) is 21.1. The Balaban J connectivity index is 2.12. The smallest absolute Gasteiger partial charge is 0.340 e. The number of methoxy groups -OCH3 is 1. The summed E-state index contributed by atoms with van der Waals surface area (Å²) in [5, 5.41) is 10.9. The topological polar surface area (TPSA) is 145 Å². The third kappa shape index (κ3) is 4.07. The average molecular weight is 384 g/mol. The highest BCUT2D eigenvalue weighted by molar-refractivity contribution is 6.03. The third-order valence-corrected chi connectivity index (χ3v) is 6.06. The Kier molecular flexibility index (Phi) is 5.84. The van der Waals surface area contributed by atoms with Crippen molar-refractivity contribution in [2.45, 2.75) is 64.6 Å². The molecule has 2 saturated carbocycles. The Labute approximate surface area is 157 Å². The molecule has 1 amide bonds. The molecule has 0 aromatic heterocycles. The molecule has 27 heavy (non-hydrogen) atoms. The second kappa shape index (κ2) is 7.46. The minimum absolute atomic E-state index is 0.172. The summed E-state index contributed by atoms with van der Waals surface area (Å²) in [4.78, 5) is 47.4. The number of esters is 2. The van der Waals surface area contributed by atoms with Crippen LogP contribution in [0.5, 0.6) is 0 Å². The zero-order valence-electron chi connectivity index (χ0n) is 16.1. The second-order valence-electron chi connectivity index (χ2n) is 8.40. The zero-order valence-corrected chi connectivity index (χ0v) is 16.1. The second-order valence-corrected chi connectivity index (χ2v) is 8.40. The van der Waals surface area contributed by atoms with Crippen molar-refractivity contribution >= 4 is 23.8 Å². The Morgan fingerprint density at radius 1 is 1.22 bits per heavy atom. The van der Waals surface area contributed by atoms with Gasteiger partial charge in [-0.15, -0.1) is 0 Å². The van der Waals surface area contributed by atoms with E-state index < -0.39 is 48.4 Å². The predicted octanol–water partition coefficient (Wildman–Crippen LogP) is 0.204. The van der Waals surface area contributed by atoms with Crippen molar-refractivity contribution in [3.05, 3.63) is 0 Å². The molecule has 0 aliphatic heterocycles. The maximum Gasteiger partial charge on any atom is 0.340 e. The van der Waals surface area contributed by atoms with Crippen LogP contribution in [0.2, 0.25) is 0 Å². The molecule has 2 bridgehead atoms. The summed E-state index contributed by atoms with van der Waals surface area (Å²) in [5.41, 5.74) is 5.07. The van der Waals surface area contributed by atoms with E-state index in [0.29, 0.717) is 5.92 Å². The fourth-order valence-corrected chi connectivity index (χ4v) is 4.60. The van der Waals surface area contributed by atoms with Gasteiger partial charge >= 0.3 is 17.9 Å². The molecule has 0 aromatic carbocycles. The molecule has 0 spiro atoms. The maximum atomic E-state index is 12.7. The van der Waals surface area contributed by atoms with Gasteiger partial charge in [0.2, 0.25) is 11.9 Å². The first-order valence-electron chi connectivity index (χ1n) is 8.98. The van der Waals surface area contributed by atoms with E-state index in [4.69, 9.17) is 15.6 Å². The molecular weight excluding hydrogens is 356 g/mol. The number of carboxylic acid groups (broad SMARTS) is 1. The largest absolute Gasteiger partial charge is 0.481 e. The standard InChI is InChI=1S/C18H28N2O7/c1-17(2)9-5-6-18(3,8-9)16(17)27-15(25)12(14(24)26-4)20-13(23)10(19)7-11(21)22/h9-10,12,16H,5-8,19H2,1-4H3,(H,20,23)(H,21,22)/t9?,10-,12?,16?,18?/m0/s1. The lowest BCUT2D eigenvalue weighted by molar-refractivity contribution is -0.173. The van der Waals surface area contributed by atoms with Gasteiger partial charge in [-0.1, -0.05) is 20.8 Å². The summed E-state index contributed by atoms with van der Waals surface area (Å²) in [6, 6.07) is -3.10. The molecule has 9 heteroatoms. The van der Waals surface area contributed by atoms with Gasteiger partial charge < -0.3 is 25.6 Å². The highest BCUT2D eigenvalue weighted by Crippen LogP contribution is 2.63. The number of nitrogens with two attached hydrogens (primary N) is 1. The van der Waals surface area contributed by atoms with Crippen LogP contribution in [0.4, 0.5) is 0 Å². The lowest BCUT2D eigenvalue weighted by Gasteiger charge is -2.42. The first-order chi connectivity index (χ1) is 12.4. The van der Waals surface area contributed by atoms with E-state index >= 15 is 0 Å². The van der Waals surface area contributed by atoms with Crippen LogP contribution in [-0.2, 0) is 28.7 Å². The summed E-state index contributed by atoms with van der Waals surface area (Å²) >= 11 is 0. The molecule has 152 valence electrons. The van der Waals surface area contributed by atoms with Crippen molar-refractivity contribution in [2.24, 2.45) is 22.5 Å². The summed E-state index contributed by atoms with van der Waals surface area (Å²) in [6.07, 6.45) is 1.91. The summed E-state index contributed by atoms with van der Waals surface area (Å²) in [6.45, 7) is 6.14. The Morgan fingerprint density at radius 3 is 2.33 bits per heavy atom. The quantitative estimate of drug-likeness (QED) is 0.417. The van der Waals surface area contributed by atoms with Gasteiger partial charge in [0.25, 0.3) is 0 Å². The molecule has 2 aliphatic rings. The van der Waals surface area contributed by atoms with Gasteiger partial charge in [0.1, 0.15) is 6.10 Å². The molecule has 5 atom stereocenters. The van der Waals surface area contributed by atoms with Gasteiger partial charge in [0.05, 0.1) is 19.6 Å². The maximum absolute atomic E-state index is 12.7. The number of hydrogen-bond acceptors (Lipinski definition) is 7. The van der Waals surface area contributed by atoms with Crippen LogP contribution in [0.15, 0.2) is 0 Å². The number of nitrogens with one attached hydrogen (secondary N) is 1. The van der Waals surface area contributed by atoms with Crippen molar-refractivity contribution in [3.63, 3.8) is 0 Å². The highest BCUT2D eigenvalue weighted by Gasteiger charge is 2.61. The molecular formula is C18H28N2O7. The van der Waals surface area contributed by atoms with Gasteiger partial charge in [-0.2, -0.15) is 0 Å². The molecule has 0 heterocycles. The normalized spacial score (nSPS) is 30.3. The summed E-state index contributed by atoms with van der Waals surface area (Å²) in [5.74, 6) is -3.71. The van der Waals surface area contributed by atoms with E-state index in [1.54, 1.807) is 0 Å². The van der Waals surface area contributed by atoms with Crippen LogP contribution >= 0.6 is 0 Å². The summed E-state index contributed by atoms with van der Waals surface area (Å²) in [7, 11) is 1.08. The Bertz CT molecular complexity index is 643. The van der Waals surface area contributed by atoms with E-state index in [1.807, 2.05) is 13.8 Å². The van der Waals surface area contributed by atoms with Gasteiger partial charge in [-0.25, -0.2) is 9.59 Å². The lowest BCUT2D eigenvalue weighted by Crippen LogP contribution is -2.55. The first-order valence-corrected chi connectivity index (χ1v) is 8.98. The van der Waals surface area contributed by atoms with E-state index in [-0.39, 0.29) is 10.8 Å². The van der Waals surface area contributed by atoms with Gasteiger partial charge in [-0.05, 0) is 25.2 Å². The van der Waals surface area contributed by atoms with Crippen LogP contribution < -0.4 is 11.1 Å². The van der Waals surface area contributed by atoms with Crippen LogP contribution in [0, 0.1) is 16.7 Å². The van der Waals surface area contributed by atoms with Crippen molar-refractivity contribution in [1.29, 1.82) is 0 Å². The fourth-order valence-electron chi connectivity index (χ4n) is 4.60. The average Bonchev–Trinajstić information content (AvgIpc) is 3.05. The number of aliphatic carboxylic acids is 1. The summed E-state index contributed by atoms with van der Waals surface area (Å²) < 4.78 is 10.3. The molecule has 0 aromatic rings. The van der Waals surface area contributed by atoms with Crippen molar-refractivity contribution in [2.75, 3.05) is 7.11 Å². The minimum Gasteiger partial charge on any atom is -0.481 e. The number of ether oxygens (including phenoxy) is 2. The van der Waals surface area contributed by atoms with Crippen LogP contribution in [-0.4, -0.2) is 54.2 Å². The fraction of sp³-hybridized carbons (Fsp3) is 0.778. The molecule has 2 fully saturated rings. The number of amides is 1. The number of fused-ring (bicyclic) bond motifs is 2. The van der Waals surface area contributed by atoms with Crippen molar-refractivity contribution in [1.82, 2.24) is 5.32 Å². The highest BCUT2D eigenvalue weighted by atomic mass is 16.6. The number of carbonyl (C=O) groups excluding carboxylic acids is 3. The molecule has 2 rings (SSSR count). The van der Waals surface area contributed by atoms with Crippen LogP contribution in [0.3, 0.4) is 0 Å². The van der Waals surface area contributed by atoms with Gasteiger partial charge in [-0.3, -0.25) is 9.59 Å². The third-order valence-electron chi connectivity index (χ3n) is 6.06. The van der Waals surface area contributed by atoms with Crippen molar-refractivity contribution < 1.29 is 33.8 Å². The van der Waals surface area contributed by atoms with E-state index in [1.165, 1.54) is 0 Å². The monoisotopic (exact) mass is 384 g/mol. The van der Waals surface area contributed by atoms with E-state index in [9.17, 15) is 19.2 Å². The van der Waals surface area contributed by atoms with Gasteiger partial charge in [0, 0.05) is 10.8 Å². The Hall–Kier alpha value is -2.16.